The lowest BCUT2D eigenvalue weighted by Crippen LogP contribution is -2.40. The predicted molar refractivity (Wildman–Crippen MR) is 72.9 cm³/mol. The molecule has 0 amide bonds. The molecule has 0 saturated heterocycles. The number of benzene rings is 1. The van der Waals surface area contributed by atoms with Gasteiger partial charge in [0.25, 0.3) is 0 Å². The van der Waals surface area contributed by atoms with Crippen LogP contribution in [0.25, 0.3) is 0 Å². The molecule has 1 aliphatic rings. The molecule has 1 saturated carbocycles. The van der Waals surface area contributed by atoms with Gasteiger partial charge in [0.1, 0.15) is 0 Å². The smallest absolute Gasteiger partial charge is 0.0610 e. The van der Waals surface area contributed by atoms with Crippen LogP contribution in [0, 0.1) is 6.92 Å². The fraction of sp³-hybridized carbons (Fsp3) is 0.571. The Kier molecular flexibility index (Phi) is 3.57. The van der Waals surface area contributed by atoms with Crippen molar-refractivity contribution in [1.82, 2.24) is 0 Å². The van der Waals surface area contributed by atoms with E-state index in [4.69, 9.17) is 4.74 Å². The normalized spacial score (nSPS) is 23.1. The van der Waals surface area contributed by atoms with Crippen LogP contribution in [0.3, 0.4) is 0 Å². The third kappa shape index (κ3) is 2.72. The molecule has 0 atom stereocenters. The summed E-state index contributed by atoms with van der Waals surface area (Å²) in [5, 5.41) is 3.56. The van der Waals surface area contributed by atoms with E-state index >= 15 is 0 Å². The third-order valence-electron chi connectivity index (χ3n) is 3.49. The largest absolute Gasteiger partial charge is 0.382 e. The van der Waals surface area contributed by atoms with E-state index in [1.165, 1.54) is 16.9 Å². The molecule has 17 heavy (non-hydrogen) atoms. The Morgan fingerprint density at radius 3 is 2.59 bits per heavy atom. The highest BCUT2D eigenvalue weighted by Crippen LogP contribution is 2.28. The summed E-state index contributed by atoms with van der Waals surface area (Å²) < 4.78 is 5.29. The number of methoxy groups -OCH3 is 1. The van der Waals surface area contributed by atoms with Crippen molar-refractivity contribution in [2.45, 2.75) is 31.9 Å². The van der Waals surface area contributed by atoms with Crippen LogP contribution < -0.4 is 10.2 Å². The summed E-state index contributed by atoms with van der Waals surface area (Å²) in [6.07, 6.45) is 2.68. The third-order valence-corrected chi connectivity index (χ3v) is 3.49. The maximum absolute atomic E-state index is 5.29. The summed E-state index contributed by atoms with van der Waals surface area (Å²) in [6.45, 7) is 2.14. The Morgan fingerprint density at radius 1 is 1.29 bits per heavy atom. The van der Waals surface area contributed by atoms with Gasteiger partial charge in [-0.15, -0.1) is 0 Å². The number of nitrogens with one attached hydrogen (secondary N) is 1. The molecule has 1 aromatic carbocycles. The van der Waals surface area contributed by atoms with Crippen LogP contribution in [0.15, 0.2) is 18.2 Å². The van der Waals surface area contributed by atoms with Gasteiger partial charge in [-0.25, -0.2) is 0 Å². The minimum atomic E-state index is 0.450. The van der Waals surface area contributed by atoms with Gasteiger partial charge in [0, 0.05) is 38.6 Å². The van der Waals surface area contributed by atoms with Crippen LogP contribution in [0.4, 0.5) is 11.4 Å². The highest BCUT2D eigenvalue weighted by atomic mass is 16.5. The van der Waals surface area contributed by atoms with Gasteiger partial charge in [-0.1, -0.05) is 6.07 Å². The van der Waals surface area contributed by atoms with Gasteiger partial charge in [-0.05, 0) is 37.5 Å². The number of hydrogen-bond acceptors (Lipinski definition) is 3. The molecule has 1 aliphatic carbocycles. The number of rotatable bonds is 4. The molecule has 1 aromatic rings. The second-order valence-electron chi connectivity index (χ2n) is 5.07. The molecule has 0 radical (unpaired) electrons. The molecular weight excluding hydrogens is 212 g/mol. The van der Waals surface area contributed by atoms with Gasteiger partial charge in [0.2, 0.25) is 0 Å². The van der Waals surface area contributed by atoms with E-state index < -0.39 is 0 Å². The lowest BCUT2D eigenvalue weighted by Gasteiger charge is -2.35. The lowest BCUT2D eigenvalue weighted by molar-refractivity contribution is 0.0329. The summed E-state index contributed by atoms with van der Waals surface area (Å²) >= 11 is 0. The maximum atomic E-state index is 5.29. The number of aryl methyl sites for hydroxylation is 1. The fourth-order valence-electron chi connectivity index (χ4n) is 2.29. The zero-order valence-electron chi connectivity index (χ0n) is 11.2. The summed E-state index contributed by atoms with van der Waals surface area (Å²) in [7, 11) is 5.95. The first kappa shape index (κ1) is 12.2. The van der Waals surface area contributed by atoms with Gasteiger partial charge in [0.15, 0.2) is 0 Å². The zero-order chi connectivity index (χ0) is 12.4. The van der Waals surface area contributed by atoms with Crippen molar-refractivity contribution >= 4 is 11.4 Å². The van der Waals surface area contributed by atoms with E-state index in [0.29, 0.717) is 12.1 Å². The molecule has 1 fully saturated rings. The molecule has 0 aromatic heterocycles. The first-order valence-corrected chi connectivity index (χ1v) is 6.17. The molecule has 3 heteroatoms. The van der Waals surface area contributed by atoms with Gasteiger partial charge in [0.05, 0.1) is 6.10 Å². The summed E-state index contributed by atoms with van der Waals surface area (Å²) in [4.78, 5) is 2.15. The van der Waals surface area contributed by atoms with E-state index in [0.717, 1.165) is 12.8 Å². The number of anilines is 2. The summed E-state index contributed by atoms with van der Waals surface area (Å²) in [5.74, 6) is 0. The van der Waals surface area contributed by atoms with Crippen molar-refractivity contribution < 1.29 is 4.74 Å². The van der Waals surface area contributed by atoms with E-state index in [1.807, 2.05) is 0 Å². The molecule has 94 valence electrons. The maximum Gasteiger partial charge on any atom is 0.0610 e. The Morgan fingerprint density at radius 2 is 2.00 bits per heavy atom. The molecule has 2 rings (SSSR count). The molecule has 0 aliphatic heterocycles. The molecule has 0 unspecified atom stereocenters. The second kappa shape index (κ2) is 4.96. The van der Waals surface area contributed by atoms with E-state index in [1.54, 1.807) is 7.11 Å². The van der Waals surface area contributed by atoms with Gasteiger partial charge in [-0.2, -0.15) is 0 Å². The Hall–Kier alpha value is -1.22. The van der Waals surface area contributed by atoms with Crippen molar-refractivity contribution in [3.05, 3.63) is 23.8 Å². The Balaban J connectivity index is 2.00. The van der Waals surface area contributed by atoms with Crippen LogP contribution in [0.1, 0.15) is 18.4 Å². The molecule has 3 nitrogen and oxygen atoms in total. The summed E-state index contributed by atoms with van der Waals surface area (Å²) in [6, 6.07) is 7.11. The van der Waals surface area contributed by atoms with Gasteiger partial charge < -0.3 is 15.0 Å². The van der Waals surface area contributed by atoms with Crippen LogP contribution in [-0.4, -0.2) is 33.4 Å². The van der Waals surface area contributed by atoms with Gasteiger partial charge in [-0.3, -0.25) is 0 Å². The minimum Gasteiger partial charge on any atom is -0.382 e. The van der Waals surface area contributed by atoms with Crippen molar-refractivity contribution in [1.29, 1.82) is 0 Å². The number of nitrogens with zero attached hydrogens (tertiary/aromatic N) is 1. The molecule has 1 N–H and O–H groups in total. The zero-order valence-corrected chi connectivity index (χ0v) is 11.2. The SMILES string of the molecule is COC1CC(Nc2ccc(C)c(N(C)C)c2)C1. The van der Waals surface area contributed by atoms with Gasteiger partial charge >= 0.3 is 0 Å². The molecule has 0 spiro atoms. The molecule has 0 bridgehead atoms. The van der Waals surface area contributed by atoms with E-state index in [2.05, 4.69) is 49.4 Å². The van der Waals surface area contributed by atoms with Crippen LogP contribution >= 0.6 is 0 Å². The molecule has 0 heterocycles. The van der Waals surface area contributed by atoms with Crippen molar-refractivity contribution in [2.75, 3.05) is 31.4 Å². The summed E-state index contributed by atoms with van der Waals surface area (Å²) in [5.41, 5.74) is 3.79. The van der Waals surface area contributed by atoms with Crippen LogP contribution in [-0.2, 0) is 4.74 Å². The Labute approximate surface area is 104 Å². The first-order chi connectivity index (χ1) is 8.10. The topological polar surface area (TPSA) is 24.5 Å². The average Bonchev–Trinajstić information content (AvgIpc) is 2.24. The first-order valence-electron chi connectivity index (χ1n) is 6.17. The highest BCUT2D eigenvalue weighted by molar-refractivity contribution is 5.62. The van der Waals surface area contributed by atoms with Crippen molar-refractivity contribution in [3.8, 4) is 0 Å². The quantitative estimate of drug-likeness (QED) is 0.866. The monoisotopic (exact) mass is 234 g/mol. The van der Waals surface area contributed by atoms with E-state index in [9.17, 15) is 0 Å². The highest BCUT2D eigenvalue weighted by Gasteiger charge is 2.28. The molecular formula is C14H22N2O. The number of hydrogen-bond donors (Lipinski definition) is 1. The fourth-order valence-corrected chi connectivity index (χ4v) is 2.29. The van der Waals surface area contributed by atoms with Crippen molar-refractivity contribution in [2.24, 2.45) is 0 Å². The van der Waals surface area contributed by atoms with Crippen molar-refractivity contribution in [3.63, 3.8) is 0 Å². The minimum absolute atomic E-state index is 0.450. The van der Waals surface area contributed by atoms with E-state index in [-0.39, 0.29) is 0 Å². The predicted octanol–water partition coefficient (Wildman–Crippen LogP) is 2.65. The standard InChI is InChI=1S/C14H22N2O/c1-10-5-6-11(9-14(10)16(2)3)15-12-7-13(8-12)17-4/h5-6,9,12-13,15H,7-8H2,1-4H3. The second-order valence-corrected chi connectivity index (χ2v) is 5.07. The van der Waals surface area contributed by atoms with Crippen LogP contribution in [0.2, 0.25) is 0 Å². The average molecular weight is 234 g/mol. The van der Waals surface area contributed by atoms with Crippen LogP contribution in [0.5, 0.6) is 0 Å². The number of ether oxygens (including phenoxy) is 1. The lowest BCUT2D eigenvalue weighted by atomic mass is 9.89. The Bertz CT molecular complexity index is 384.